The topological polar surface area (TPSA) is 0 Å². The fraction of sp³-hybridized carbons (Fsp3) is 0.0476. The van der Waals surface area contributed by atoms with Gasteiger partial charge in [-0.15, -0.1) is 0 Å². The van der Waals surface area contributed by atoms with E-state index in [1.807, 2.05) is 0 Å². The molecule has 0 aliphatic rings. The summed E-state index contributed by atoms with van der Waals surface area (Å²) in [6.45, 7) is 0. The van der Waals surface area contributed by atoms with E-state index in [0.29, 0.717) is 0 Å². The molecular weight excluding hydrogens is 371 g/mol. The van der Waals surface area contributed by atoms with E-state index in [-0.39, 0.29) is 10.5 Å². The Morgan fingerprint density at radius 2 is 1.19 bits per heavy atom. The number of hydrogen-bond donors (Lipinski definition) is 0. The standard InChI is InChI=1S/C21H15S.BF4/c1-22-19-9-5-4-8-17(19)18-13-12-15-11-10-14-6-2-3-7-16(14)20(15)21(18)22;2-1(3,4)5/h2-13H,1H3;/q+1;-1. The lowest BCUT2D eigenvalue weighted by Gasteiger charge is -2.03. The third kappa shape index (κ3) is 3.25. The Hall–Kier alpha value is -2.60. The SMILES string of the molecule is C[s+]1c2ccccc2c2ccc3ccc4ccccc4c3c21.F[B-](F)(F)F. The van der Waals surface area contributed by atoms with Crippen molar-refractivity contribution in [1.82, 2.24) is 0 Å². The number of aryl methyl sites for hydroxylation is 1. The monoisotopic (exact) mass is 386 g/mol. The molecule has 27 heavy (non-hydrogen) atoms. The Kier molecular flexibility index (Phi) is 4.31. The van der Waals surface area contributed by atoms with Gasteiger partial charge >= 0.3 is 7.25 Å². The van der Waals surface area contributed by atoms with Crippen LogP contribution in [0.5, 0.6) is 0 Å². The Morgan fingerprint density at radius 1 is 0.630 bits per heavy atom. The number of halogens is 4. The minimum Gasteiger partial charge on any atom is -0.418 e. The Morgan fingerprint density at radius 3 is 1.93 bits per heavy atom. The first-order valence-corrected chi connectivity index (χ1v) is 10.0. The van der Waals surface area contributed by atoms with E-state index in [9.17, 15) is 17.3 Å². The molecule has 0 N–H and O–H groups in total. The molecule has 5 rings (SSSR count). The van der Waals surface area contributed by atoms with Gasteiger partial charge in [-0.2, -0.15) is 0 Å². The molecule has 0 saturated heterocycles. The summed E-state index contributed by atoms with van der Waals surface area (Å²) in [6.07, 6.45) is 2.37. The number of thiophene rings is 1. The second-order valence-electron chi connectivity index (χ2n) is 6.33. The normalized spacial score (nSPS) is 12.6. The van der Waals surface area contributed by atoms with E-state index >= 15 is 0 Å². The van der Waals surface area contributed by atoms with Crippen LogP contribution in [0.3, 0.4) is 0 Å². The summed E-state index contributed by atoms with van der Waals surface area (Å²) < 4.78 is 42.0. The summed E-state index contributed by atoms with van der Waals surface area (Å²) in [5, 5.41) is 8.34. The van der Waals surface area contributed by atoms with Crippen LogP contribution in [0.25, 0.3) is 41.7 Å². The summed E-state index contributed by atoms with van der Waals surface area (Å²) in [5.41, 5.74) is 0. The molecule has 0 bridgehead atoms. The third-order valence-corrected chi connectivity index (χ3v) is 6.73. The van der Waals surface area contributed by atoms with Gasteiger partial charge in [0.25, 0.3) is 0 Å². The van der Waals surface area contributed by atoms with Crippen LogP contribution in [0, 0.1) is 0 Å². The van der Waals surface area contributed by atoms with Crippen molar-refractivity contribution < 1.29 is 17.3 Å². The second kappa shape index (κ2) is 6.53. The smallest absolute Gasteiger partial charge is 0.418 e. The van der Waals surface area contributed by atoms with Crippen LogP contribution in [0.4, 0.5) is 17.3 Å². The average Bonchev–Trinajstić information content (AvgIpc) is 2.93. The quantitative estimate of drug-likeness (QED) is 0.110. The summed E-state index contributed by atoms with van der Waals surface area (Å²) in [7, 11) is -5.85. The fourth-order valence-corrected chi connectivity index (χ4v) is 5.71. The average molecular weight is 386 g/mol. The third-order valence-electron chi connectivity index (χ3n) is 4.68. The van der Waals surface area contributed by atoms with Gasteiger partial charge in [0.1, 0.15) is 6.26 Å². The van der Waals surface area contributed by atoms with Gasteiger partial charge in [0, 0.05) is 16.2 Å². The van der Waals surface area contributed by atoms with Crippen LogP contribution in [0.1, 0.15) is 0 Å². The molecule has 4 aromatic carbocycles. The van der Waals surface area contributed by atoms with Crippen LogP contribution < -0.4 is 0 Å². The van der Waals surface area contributed by atoms with Crippen molar-refractivity contribution in [2.45, 2.75) is 0 Å². The highest BCUT2D eigenvalue weighted by Gasteiger charge is 2.21. The van der Waals surface area contributed by atoms with Crippen LogP contribution in [-0.2, 0) is 6.26 Å². The predicted octanol–water partition coefficient (Wildman–Crippen LogP) is 7.89. The van der Waals surface area contributed by atoms with Gasteiger partial charge in [0.2, 0.25) is 0 Å². The van der Waals surface area contributed by atoms with Crippen molar-refractivity contribution in [2.24, 2.45) is 6.26 Å². The van der Waals surface area contributed by atoms with Gasteiger partial charge in [-0.25, -0.2) is 0 Å². The molecular formula is C21H15BF4S. The molecule has 6 heteroatoms. The molecule has 1 heterocycles. The minimum absolute atomic E-state index is 0.147. The number of benzene rings is 4. The maximum absolute atomic E-state index is 9.75. The molecule has 136 valence electrons. The van der Waals surface area contributed by atoms with Gasteiger partial charge in [-0.05, 0) is 44.8 Å². The molecule has 0 aliphatic heterocycles. The van der Waals surface area contributed by atoms with E-state index in [1.165, 1.54) is 41.7 Å². The molecule has 1 aromatic heterocycles. The molecule has 0 spiro atoms. The predicted molar refractivity (Wildman–Crippen MR) is 110 cm³/mol. The molecule has 5 aromatic rings. The zero-order chi connectivity index (χ0) is 19.2. The van der Waals surface area contributed by atoms with E-state index in [2.05, 4.69) is 79.1 Å². The molecule has 1 atom stereocenters. The van der Waals surface area contributed by atoms with E-state index in [4.69, 9.17) is 0 Å². The largest absolute Gasteiger partial charge is 0.673 e. The van der Waals surface area contributed by atoms with E-state index in [0.717, 1.165) is 0 Å². The van der Waals surface area contributed by atoms with E-state index in [1.54, 1.807) is 0 Å². The number of rotatable bonds is 0. The van der Waals surface area contributed by atoms with Gasteiger partial charge in [-0.3, -0.25) is 0 Å². The van der Waals surface area contributed by atoms with Crippen LogP contribution in [0.2, 0.25) is 0 Å². The molecule has 0 nitrogen and oxygen atoms in total. The second-order valence-corrected chi connectivity index (χ2v) is 8.20. The number of hydrogen-bond acceptors (Lipinski definition) is 0. The van der Waals surface area contributed by atoms with Crippen molar-refractivity contribution in [2.75, 3.05) is 0 Å². The highest BCUT2D eigenvalue weighted by Crippen LogP contribution is 2.45. The molecule has 0 aliphatic carbocycles. The molecule has 0 amide bonds. The molecule has 0 saturated carbocycles. The molecule has 0 fully saturated rings. The van der Waals surface area contributed by atoms with Crippen molar-refractivity contribution in [3.8, 4) is 0 Å². The first kappa shape index (κ1) is 17.8. The number of fused-ring (bicyclic) bond motifs is 7. The zero-order valence-electron chi connectivity index (χ0n) is 14.4. The summed E-state index contributed by atoms with van der Waals surface area (Å²) in [6, 6.07) is 26.7. The first-order chi connectivity index (χ1) is 12.8. The van der Waals surface area contributed by atoms with Crippen molar-refractivity contribution in [1.29, 1.82) is 0 Å². The van der Waals surface area contributed by atoms with Gasteiger partial charge in [0.15, 0.2) is 9.40 Å². The Bertz CT molecular complexity index is 1280. The van der Waals surface area contributed by atoms with Crippen LogP contribution in [-0.4, -0.2) is 7.25 Å². The van der Waals surface area contributed by atoms with Gasteiger partial charge < -0.3 is 17.3 Å². The summed E-state index contributed by atoms with van der Waals surface area (Å²) >= 11 is 0. The van der Waals surface area contributed by atoms with Crippen molar-refractivity contribution >= 4 is 59.4 Å². The minimum atomic E-state index is -6.00. The highest BCUT2D eigenvalue weighted by atomic mass is 32.2. The lowest BCUT2D eigenvalue weighted by molar-refractivity contribution is 0.368. The fourth-order valence-electron chi connectivity index (χ4n) is 3.66. The van der Waals surface area contributed by atoms with Crippen LogP contribution in [0.15, 0.2) is 72.8 Å². The summed E-state index contributed by atoms with van der Waals surface area (Å²) in [5.74, 6) is 0. The lowest BCUT2D eigenvalue weighted by atomic mass is 10.00. The Balaban J connectivity index is 0.000000323. The summed E-state index contributed by atoms with van der Waals surface area (Å²) in [4.78, 5) is 0. The van der Waals surface area contributed by atoms with Crippen LogP contribution >= 0.6 is 10.5 Å². The van der Waals surface area contributed by atoms with Crippen molar-refractivity contribution in [3.05, 3.63) is 72.8 Å². The molecule has 1 unspecified atom stereocenters. The zero-order valence-corrected chi connectivity index (χ0v) is 15.2. The lowest BCUT2D eigenvalue weighted by Crippen LogP contribution is -2.02. The maximum atomic E-state index is 9.75. The van der Waals surface area contributed by atoms with E-state index < -0.39 is 7.25 Å². The maximum Gasteiger partial charge on any atom is 0.673 e. The van der Waals surface area contributed by atoms with Gasteiger partial charge in [0.05, 0.1) is 0 Å². The van der Waals surface area contributed by atoms with Gasteiger partial charge in [-0.1, -0.05) is 54.6 Å². The Labute approximate surface area is 156 Å². The first-order valence-electron chi connectivity index (χ1n) is 8.42. The van der Waals surface area contributed by atoms with Crippen molar-refractivity contribution in [3.63, 3.8) is 0 Å². The highest BCUT2D eigenvalue weighted by molar-refractivity contribution is 7.42. The molecule has 0 radical (unpaired) electrons.